The van der Waals surface area contributed by atoms with Crippen molar-refractivity contribution in [2.75, 3.05) is 7.11 Å². The maximum atomic E-state index is 9.90. The zero-order valence-electron chi connectivity index (χ0n) is 5.13. The number of ether oxygens (including phenoxy) is 1. The van der Waals surface area contributed by atoms with E-state index in [0.29, 0.717) is 6.29 Å². The summed E-state index contributed by atoms with van der Waals surface area (Å²) in [7, 11) is 1.52. The van der Waals surface area contributed by atoms with Gasteiger partial charge in [0, 0.05) is 7.11 Å². The molecule has 0 fully saturated rings. The first kappa shape index (κ1) is 7.59. The van der Waals surface area contributed by atoms with Crippen LogP contribution >= 0.6 is 0 Å². The summed E-state index contributed by atoms with van der Waals surface area (Å²) < 4.78 is 4.75. The topological polar surface area (TPSA) is 52.3 Å². The monoisotopic (exact) mass is 117 g/mol. The van der Waals surface area contributed by atoms with Gasteiger partial charge in [-0.1, -0.05) is 0 Å². The van der Waals surface area contributed by atoms with Crippen molar-refractivity contribution in [3.8, 4) is 0 Å². The van der Waals surface area contributed by atoms with Crippen LogP contribution < -0.4 is 5.73 Å². The van der Waals surface area contributed by atoms with Crippen molar-refractivity contribution in [3.05, 3.63) is 0 Å². The molecule has 8 heavy (non-hydrogen) atoms. The first-order chi connectivity index (χ1) is 3.72. The Morgan fingerprint density at radius 2 is 2.25 bits per heavy atom. The van der Waals surface area contributed by atoms with Crippen LogP contribution in [0, 0.1) is 0 Å². The van der Waals surface area contributed by atoms with Gasteiger partial charge in [-0.15, -0.1) is 0 Å². The smallest absolute Gasteiger partial charge is 0.139 e. The fraction of sp³-hybridized carbons (Fsp3) is 0.800. The van der Waals surface area contributed by atoms with Crippen molar-refractivity contribution in [2.24, 2.45) is 5.73 Å². The van der Waals surface area contributed by atoms with Crippen molar-refractivity contribution in [1.29, 1.82) is 0 Å². The highest BCUT2D eigenvalue weighted by Gasteiger charge is 2.08. The van der Waals surface area contributed by atoms with Gasteiger partial charge in [0.25, 0.3) is 0 Å². The van der Waals surface area contributed by atoms with Crippen LogP contribution in [0.1, 0.15) is 6.92 Å². The molecule has 2 N–H and O–H groups in total. The molecule has 0 saturated carbocycles. The zero-order chi connectivity index (χ0) is 6.57. The average Bonchev–Trinajstić information content (AvgIpc) is 1.84. The van der Waals surface area contributed by atoms with Crippen LogP contribution in [0.15, 0.2) is 0 Å². The lowest BCUT2D eigenvalue weighted by molar-refractivity contribution is -0.111. The molecule has 0 aromatic carbocycles. The second kappa shape index (κ2) is 3.57. The number of methoxy groups -OCH3 is 1. The van der Waals surface area contributed by atoms with E-state index in [1.54, 1.807) is 6.92 Å². The molecule has 0 aromatic heterocycles. The molecule has 0 amide bonds. The summed E-state index contributed by atoms with van der Waals surface area (Å²) in [6.07, 6.45) is 0.501. The highest BCUT2D eigenvalue weighted by atomic mass is 16.5. The molecule has 3 heteroatoms. The van der Waals surface area contributed by atoms with Gasteiger partial charge in [0.15, 0.2) is 0 Å². The van der Waals surface area contributed by atoms with Gasteiger partial charge >= 0.3 is 0 Å². The highest BCUT2D eigenvalue weighted by molar-refractivity contribution is 5.57. The third-order valence-corrected chi connectivity index (χ3v) is 1.07. The van der Waals surface area contributed by atoms with E-state index in [4.69, 9.17) is 10.5 Å². The van der Waals surface area contributed by atoms with Crippen LogP contribution in [0.3, 0.4) is 0 Å². The molecule has 0 saturated heterocycles. The van der Waals surface area contributed by atoms with Crippen LogP contribution in [0.25, 0.3) is 0 Å². The predicted octanol–water partition coefficient (Wildman–Crippen LogP) is -0.453. The molecule has 0 aliphatic rings. The first-order valence-corrected chi connectivity index (χ1v) is 2.46. The first-order valence-electron chi connectivity index (χ1n) is 2.46. The third kappa shape index (κ3) is 2.04. The minimum atomic E-state index is -0.486. The Morgan fingerprint density at radius 3 is 2.38 bits per heavy atom. The molecule has 48 valence electrons. The Morgan fingerprint density at radius 1 is 1.75 bits per heavy atom. The summed E-state index contributed by atoms with van der Waals surface area (Å²) >= 11 is 0. The molecule has 0 heterocycles. The fourth-order valence-electron chi connectivity index (χ4n) is 0.268. The van der Waals surface area contributed by atoms with Crippen LogP contribution in [0.4, 0.5) is 0 Å². The number of carbonyl (C=O) groups excluding carboxylic acids is 1. The van der Waals surface area contributed by atoms with Gasteiger partial charge in [0.05, 0.1) is 12.1 Å². The standard InChI is InChI=1S/C5H11NO2/c1-4(8-2)5(6)3-7/h3-5H,6H2,1-2H3/t4-,5-/m0/s1. The third-order valence-electron chi connectivity index (χ3n) is 1.07. The fourth-order valence-corrected chi connectivity index (χ4v) is 0.268. The number of hydrogen-bond donors (Lipinski definition) is 1. The lowest BCUT2D eigenvalue weighted by Crippen LogP contribution is -2.34. The molecule has 0 aliphatic heterocycles. The summed E-state index contributed by atoms with van der Waals surface area (Å²) in [6, 6.07) is -0.486. The van der Waals surface area contributed by atoms with Gasteiger partial charge in [-0.25, -0.2) is 0 Å². The number of hydrogen-bond acceptors (Lipinski definition) is 3. The van der Waals surface area contributed by atoms with Crippen LogP contribution in [-0.4, -0.2) is 25.5 Å². The van der Waals surface area contributed by atoms with Gasteiger partial charge in [-0.2, -0.15) is 0 Å². The van der Waals surface area contributed by atoms with Crippen LogP contribution in [0.5, 0.6) is 0 Å². The minimum Gasteiger partial charge on any atom is -0.380 e. The Hall–Kier alpha value is -0.410. The van der Waals surface area contributed by atoms with Gasteiger partial charge in [0.1, 0.15) is 6.29 Å². The summed E-state index contributed by atoms with van der Waals surface area (Å²) in [5, 5.41) is 0. The van der Waals surface area contributed by atoms with Gasteiger partial charge in [-0.3, -0.25) is 0 Å². The van der Waals surface area contributed by atoms with Gasteiger partial charge in [-0.05, 0) is 6.92 Å². The van der Waals surface area contributed by atoms with E-state index in [0.717, 1.165) is 0 Å². The predicted molar refractivity (Wildman–Crippen MR) is 30.5 cm³/mol. The highest BCUT2D eigenvalue weighted by Crippen LogP contribution is 1.88. The molecule has 0 spiro atoms. The van der Waals surface area contributed by atoms with Gasteiger partial charge < -0.3 is 15.3 Å². The summed E-state index contributed by atoms with van der Waals surface area (Å²) in [6.45, 7) is 1.75. The molecule has 3 nitrogen and oxygen atoms in total. The maximum Gasteiger partial charge on any atom is 0.139 e. The molecule has 0 bridgehead atoms. The summed E-state index contributed by atoms with van der Waals surface area (Å²) in [5.41, 5.74) is 5.23. The minimum absolute atomic E-state index is 0.174. The van der Waals surface area contributed by atoms with Crippen molar-refractivity contribution >= 4 is 6.29 Å². The Bertz CT molecular complexity index is 74.8. The maximum absolute atomic E-state index is 9.90. The zero-order valence-corrected chi connectivity index (χ0v) is 5.13. The van der Waals surface area contributed by atoms with Crippen molar-refractivity contribution in [1.82, 2.24) is 0 Å². The van der Waals surface area contributed by atoms with E-state index in [-0.39, 0.29) is 6.10 Å². The molecule has 0 aromatic rings. The number of rotatable bonds is 3. The average molecular weight is 117 g/mol. The molecule has 0 unspecified atom stereocenters. The second-order valence-electron chi connectivity index (χ2n) is 1.65. The molecular weight excluding hydrogens is 106 g/mol. The van der Waals surface area contributed by atoms with Crippen LogP contribution in [-0.2, 0) is 9.53 Å². The van der Waals surface area contributed by atoms with E-state index >= 15 is 0 Å². The van der Waals surface area contributed by atoms with Crippen molar-refractivity contribution in [2.45, 2.75) is 19.1 Å². The molecule has 2 atom stereocenters. The summed E-state index contributed by atoms with van der Waals surface area (Å²) in [4.78, 5) is 9.90. The second-order valence-corrected chi connectivity index (χ2v) is 1.65. The van der Waals surface area contributed by atoms with Crippen molar-refractivity contribution < 1.29 is 9.53 Å². The molecule has 0 rings (SSSR count). The summed E-state index contributed by atoms with van der Waals surface area (Å²) in [5.74, 6) is 0. The SMILES string of the molecule is CO[C@@H](C)[C@@H](N)C=O. The Kier molecular flexibility index (Phi) is 3.39. The van der Waals surface area contributed by atoms with E-state index in [2.05, 4.69) is 0 Å². The number of aldehydes is 1. The van der Waals surface area contributed by atoms with E-state index in [1.807, 2.05) is 0 Å². The number of nitrogens with two attached hydrogens (primary N) is 1. The Labute approximate surface area is 48.8 Å². The lowest BCUT2D eigenvalue weighted by atomic mass is 10.2. The lowest BCUT2D eigenvalue weighted by Gasteiger charge is -2.10. The molecule has 0 radical (unpaired) electrons. The normalized spacial score (nSPS) is 17.4. The molecule has 0 aliphatic carbocycles. The van der Waals surface area contributed by atoms with E-state index < -0.39 is 6.04 Å². The molecular formula is C5H11NO2. The van der Waals surface area contributed by atoms with E-state index in [1.165, 1.54) is 7.11 Å². The largest absolute Gasteiger partial charge is 0.380 e. The van der Waals surface area contributed by atoms with Crippen LogP contribution in [0.2, 0.25) is 0 Å². The Balaban J connectivity index is 3.44. The number of carbonyl (C=O) groups is 1. The van der Waals surface area contributed by atoms with Crippen molar-refractivity contribution in [3.63, 3.8) is 0 Å². The van der Waals surface area contributed by atoms with E-state index in [9.17, 15) is 4.79 Å². The quantitative estimate of drug-likeness (QED) is 0.509. The van der Waals surface area contributed by atoms with Gasteiger partial charge in [0.2, 0.25) is 0 Å².